The third-order valence-electron chi connectivity index (χ3n) is 2.36. The molecule has 2 nitrogen and oxygen atoms in total. The van der Waals surface area contributed by atoms with E-state index in [1.165, 1.54) is 18.2 Å². The third-order valence-corrected chi connectivity index (χ3v) is 3.17. The van der Waals surface area contributed by atoms with Gasteiger partial charge in [-0.2, -0.15) is 4.39 Å². The number of pyridine rings is 1. The van der Waals surface area contributed by atoms with Gasteiger partial charge >= 0.3 is 0 Å². The molecule has 1 aromatic carbocycles. The van der Waals surface area contributed by atoms with Crippen LogP contribution in [0.4, 0.5) is 4.39 Å². The van der Waals surface area contributed by atoms with Crippen LogP contribution in [0.3, 0.4) is 0 Å². The molecule has 0 bridgehead atoms. The first kappa shape index (κ1) is 13.6. The Kier molecular flexibility index (Phi) is 4.07. The minimum absolute atomic E-state index is 0.212. The van der Waals surface area contributed by atoms with E-state index < -0.39 is 5.95 Å². The maximum absolute atomic E-state index is 13.2. The number of aromatic nitrogens is 1. The average Bonchev–Trinajstić information content (AvgIpc) is 2.28. The molecule has 0 unspecified atom stereocenters. The average molecular weight is 307 g/mol. The van der Waals surface area contributed by atoms with Crippen LogP contribution >= 0.6 is 34.8 Å². The topological polar surface area (TPSA) is 33.1 Å². The summed E-state index contributed by atoms with van der Waals surface area (Å²) in [7, 11) is 0. The van der Waals surface area contributed by atoms with Crippen LogP contribution in [0.15, 0.2) is 24.3 Å². The Hall–Kier alpha value is -0.870. The van der Waals surface area contributed by atoms with Crippen LogP contribution in [0, 0.1) is 5.95 Å². The molecule has 0 saturated heterocycles. The standard InChI is InChI=1S/C12H7Cl3FNO/c13-7-3-8(14)11(9(15)4-7)12-6(5-18)1-2-10(16)17-12/h1-4,18H,5H2. The highest BCUT2D eigenvalue weighted by Crippen LogP contribution is 2.37. The van der Waals surface area contributed by atoms with E-state index in [1.807, 2.05) is 0 Å². The molecule has 0 aliphatic carbocycles. The lowest BCUT2D eigenvalue weighted by molar-refractivity contribution is 0.281. The Balaban J connectivity index is 2.72. The number of hydrogen-bond acceptors (Lipinski definition) is 2. The Morgan fingerprint density at radius 1 is 1.11 bits per heavy atom. The molecule has 0 aliphatic rings. The maximum atomic E-state index is 13.2. The molecule has 0 atom stereocenters. The van der Waals surface area contributed by atoms with Crippen molar-refractivity contribution < 1.29 is 9.50 Å². The molecule has 0 radical (unpaired) electrons. The van der Waals surface area contributed by atoms with E-state index >= 15 is 0 Å². The molecule has 1 aromatic heterocycles. The van der Waals surface area contributed by atoms with Crippen LogP contribution in [0.5, 0.6) is 0 Å². The summed E-state index contributed by atoms with van der Waals surface area (Å²) in [6, 6.07) is 5.56. The van der Waals surface area contributed by atoms with Crippen molar-refractivity contribution in [1.29, 1.82) is 0 Å². The number of aliphatic hydroxyl groups excluding tert-OH is 1. The zero-order chi connectivity index (χ0) is 13.3. The molecular formula is C12H7Cl3FNO. The zero-order valence-corrected chi connectivity index (χ0v) is 11.2. The summed E-state index contributed by atoms with van der Waals surface area (Å²) in [6.45, 7) is -0.294. The quantitative estimate of drug-likeness (QED) is 0.837. The molecule has 0 fully saturated rings. The molecule has 18 heavy (non-hydrogen) atoms. The fourth-order valence-electron chi connectivity index (χ4n) is 1.58. The summed E-state index contributed by atoms with van der Waals surface area (Å²) in [6.07, 6.45) is 0. The smallest absolute Gasteiger partial charge is 0.213 e. The van der Waals surface area contributed by atoms with Crippen molar-refractivity contribution in [3.8, 4) is 11.3 Å². The number of benzene rings is 1. The number of halogens is 4. The van der Waals surface area contributed by atoms with E-state index in [0.29, 0.717) is 16.1 Å². The van der Waals surface area contributed by atoms with E-state index in [4.69, 9.17) is 34.8 Å². The Morgan fingerprint density at radius 2 is 1.72 bits per heavy atom. The van der Waals surface area contributed by atoms with Crippen molar-refractivity contribution >= 4 is 34.8 Å². The van der Waals surface area contributed by atoms with Gasteiger partial charge in [0.1, 0.15) is 0 Å². The van der Waals surface area contributed by atoms with Crippen molar-refractivity contribution in [3.63, 3.8) is 0 Å². The molecular weight excluding hydrogens is 299 g/mol. The molecule has 6 heteroatoms. The second-order valence-electron chi connectivity index (χ2n) is 3.54. The summed E-state index contributed by atoms with van der Waals surface area (Å²) in [5.74, 6) is -0.677. The Morgan fingerprint density at radius 3 is 2.28 bits per heavy atom. The maximum Gasteiger partial charge on any atom is 0.213 e. The van der Waals surface area contributed by atoms with Gasteiger partial charge in [0.05, 0.1) is 22.3 Å². The summed E-state index contributed by atoms with van der Waals surface area (Å²) in [5.41, 5.74) is 0.998. The first-order valence-corrected chi connectivity index (χ1v) is 6.07. The summed E-state index contributed by atoms with van der Waals surface area (Å²) < 4.78 is 13.2. The van der Waals surface area contributed by atoms with Crippen LogP contribution < -0.4 is 0 Å². The van der Waals surface area contributed by atoms with Crippen molar-refractivity contribution in [2.75, 3.05) is 0 Å². The first-order valence-electron chi connectivity index (χ1n) is 4.94. The molecule has 0 amide bonds. The molecule has 2 rings (SSSR count). The van der Waals surface area contributed by atoms with Gasteiger partial charge in [-0.1, -0.05) is 34.8 Å². The van der Waals surface area contributed by atoms with Gasteiger partial charge < -0.3 is 5.11 Å². The fraction of sp³-hybridized carbons (Fsp3) is 0.0833. The third kappa shape index (κ3) is 2.59. The van der Waals surface area contributed by atoms with Gasteiger partial charge in [0.25, 0.3) is 0 Å². The first-order chi connectivity index (χ1) is 8.52. The molecule has 1 N–H and O–H groups in total. The van der Waals surface area contributed by atoms with E-state index in [-0.39, 0.29) is 22.3 Å². The normalized spacial score (nSPS) is 10.7. The van der Waals surface area contributed by atoms with Crippen molar-refractivity contribution in [2.24, 2.45) is 0 Å². The SMILES string of the molecule is OCc1ccc(F)nc1-c1c(Cl)cc(Cl)cc1Cl. The van der Waals surface area contributed by atoms with Crippen LogP contribution in [-0.4, -0.2) is 10.1 Å². The van der Waals surface area contributed by atoms with E-state index in [2.05, 4.69) is 4.98 Å². The van der Waals surface area contributed by atoms with E-state index in [1.54, 1.807) is 0 Å². The Labute approximate surface area is 118 Å². The summed E-state index contributed by atoms with van der Waals surface area (Å²) in [5, 5.41) is 10.1. The van der Waals surface area contributed by atoms with E-state index in [0.717, 1.165) is 6.07 Å². The monoisotopic (exact) mass is 305 g/mol. The predicted octanol–water partition coefficient (Wildman–Crippen LogP) is 4.34. The van der Waals surface area contributed by atoms with Crippen molar-refractivity contribution in [1.82, 2.24) is 4.98 Å². The molecule has 2 aromatic rings. The van der Waals surface area contributed by atoms with Gasteiger partial charge in [0.15, 0.2) is 0 Å². The van der Waals surface area contributed by atoms with Gasteiger partial charge in [-0.3, -0.25) is 0 Å². The molecule has 0 saturated carbocycles. The lowest BCUT2D eigenvalue weighted by Gasteiger charge is -2.10. The van der Waals surface area contributed by atoms with Gasteiger partial charge in [0, 0.05) is 16.1 Å². The zero-order valence-electron chi connectivity index (χ0n) is 8.92. The van der Waals surface area contributed by atoms with Crippen LogP contribution in [0.1, 0.15) is 5.56 Å². The highest BCUT2D eigenvalue weighted by Gasteiger charge is 2.15. The van der Waals surface area contributed by atoms with E-state index in [9.17, 15) is 9.50 Å². The van der Waals surface area contributed by atoms with Crippen LogP contribution in [-0.2, 0) is 6.61 Å². The number of aliphatic hydroxyl groups is 1. The number of nitrogens with zero attached hydrogens (tertiary/aromatic N) is 1. The lowest BCUT2D eigenvalue weighted by Crippen LogP contribution is -1.97. The second kappa shape index (κ2) is 5.41. The van der Waals surface area contributed by atoms with Crippen molar-refractivity contribution in [3.05, 3.63) is 50.8 Å². The van der Waals surface area contributed by atoms with Crippen LogP contribution in [0.2, 0.25) is 15.1 Å². The molecule has 1 heterocycles. The Bertz CT molecular complexity index is 581. The number of rotatable bonds is 2. The van der Waals surface area contributed by atoms with Crippen molar-refractivity contribution in [2.45, 2.75) is 6.61 Å². The molecule has 0 aliphatic heterocycles. The van der Waals surface area contributed by atoms with Gasteiger partial charge in [-0.15, -0.1) is 0 Å². The minimum Gasteiger partial charge on any atom is -0.392 e. The highest BCUT2D eigenvalue weighted by molar-refractivity contribution is 6.41. The van der Waals surface area contributed by atoms with Gasteiger partial charge in [0.2, 0.25) is 5.95 Å². The predicted molar refractivity (Wildman–Crippen MR) is 70.6 cm³/mol. The molecule has 94 valence electrons. The number of hydrogen-bond donors (Lipinski definition) is 1. The summed E-state index contributed by atoms with van der Waals surface area (Å²) in [4.78, 5) is 3.73. The van der Waals surface area contributed by atoms with Gasteiger partial charge in [-0.05, 0) is 24.3 Å². The van der Waals surface area contributed by atoms with Gasteiger partial charge in [-0.25, -0.2) is 4.98 Å². The lowest BCUT2D eigenvalue weighted by atomic mass is 10.1. The highest BCUT2D eigenvalue weighted by atomic mass is 35.5. The summed E-state index contributed by atoms with van der Waals surface area (Å²) >= 11 is 17.9. The molecule has 0 spiro atoms. The second-order valence-corrected chi connectivity index (χ2v) is 4.80. The largest absolute Gasteiger partial charge is 0.392 e. The minimum atomic E-state index is -0.677. The van der Waals surface area contributed by atoms with Crippen LogP contribution in [0.25, 0.3) is 11.3 Å². The fourth-order valence-corrected chi connectivity index (χ4v) is 2.57.